The van der Waals surface area contributed by atoms with E-state index in [1.54, 1.807) is 6.07 Å². The molecule has 0 aliphatic heterocycles. The van der Waals surface area contributed by atoms with Crippen molar-refractivity contribution in [3.05, 3.63) is 35.4 Å². The Kier molecular flexibility index (Phi) is 2.95. The van der Waals surface area contributed by atoms with Crippen molar-refractivity contribution >= 4 is 16.9 Å². The monoisotopic (exact) mass is 231 g/mol. The van der Waals surface area contributed by atoms with E-state index in [0.29, 0.717) is 0 Å². The number of carboxylic acids is 1. The van der Waals surface area contributed by atoms with E-state index >= 15 is 0 Å². The van der Waals surface area contributed by atoms with E-state index in [0.717, 1.165) is 22.9 Å². The predicted octanol–water partition coefficient (Wildman–Crippen LogP) is 2.50. The summed E-state index contributed by atoms with van der Waals surface area (Å²) < 4.78 is 4.98. The second kappa shape index (κ2) is 4.41. The van der Waals surface area contributed by atoms with Crippen LogP contribution in [-0.4, -0.2) is 23.2 Å². The van der Waals surface area contributed by atoms with Gasteiger partial charge in [0.05, 0.1) is 12.6 Å². The van der Waals surface area contributed by atoms with Crippen LogP contribution in [0.2, 0.25) is 0 Å². The number of carboxylic acid groups (broad SMARTS) is 1. The molecule has 0 amide bonds. The SMILES string of the molecule is CCc1ccc2nc(OC)c(C(=O)O)cc2c1. The molecule has 0 unspecified atom stereocenters. The van der Waals surface area contributed by atoms with Crippen molar-refractivity contribution in [1.29, 1.82) is 0 Å². The Balaban J connectivity index is 2.69. The zero-order valence-electron chi connectivity index (χ0n) is 9.73. The first-order valence-corrected chi connectivity index (χ1v) is 5.36. The number of fused-ring (bicyclic) bond motifs is 1. The van der Waals surface area contributed by atoms with Gasteiger partial charge in [-0.3, -0.25) is 0 Å². The molecule has 4 nitrogen and oxygen atoms in total. The van der Waals surface area contributed by atoms with Crippen LogP contribution in [0.4, 0.5) is 0 Å². The van der Waals surface area contributed by atoms with Gasteiger partial charge in [-0.1, -0.05) is 13.0 Å². The number of benzene rings is 1. The van der Waals surface area contributed by atoms with Crippen LogP contribution in [0, 0.1) is 0 Å². The van der Waals surface area contributed by atoms with Crippen LogP contribution >= 0.6 is 0 Å². The summed E-state index contributed by atoms with van der Waals surface area (Å²) >= 11 is 0. The van der Waals surface area contributed by atoms with Crippen LogP contribution in [-0.2, 0) is 6.42 Å². The predicted molar refractivity (Wildman–Crippen MR) is 64.6 cm³/mol. The molecule has 17 heavy (non-hydrogen) atoms. The van der Waals surface area contributed by atoms with Crippen molar-refractivity contribution in [2.45, 2.75) is 13.3 Å². The molecule has 0 aliphatic rings. The van der Waals surface area contributed by atoms with Gasteiger partial charge in [-0.25, -0.2) is 9.78 Å². The molecule has 0 fully saturated rings. The summed E-state index contributed by atoms with van der Waals surface area (Å²) in [7, 11) is 1.42. The third-order valence-electron chi connectivity index (χ3n) is 2.68. The van der Waals surface area contributed by atoms with E-state index in [9.17, 15) is 4.79 Å². The second-order valence-electron chi connectivity index (χ2n) is 3.73. The number of hydrogen-bond donors (Lipinski definition) is 1. The van der Waals surface area contributed by atoms with E-state index in [1.165, 1.54) is 7.11 Å². The maximum atomic E-state index is 11.1. The van der Waals surface area contributed by atoms with Crippen molar-refractivity contribution in [1.82, 2.24) is 4.98 Å². The van der Waals surface area contributed by atoms with Crippen LogP contribution < -0.4 is 4.74 Å². The zero-order chi connectivity index (χ0) is 12.4. The summed E-state index contributed by atoms with van der Waals surface area (Å²) in [6, 6.07) is 7.41. The Bertz CT molecular complexity index is 578. The Hall–Kier alpha value is -2.10. The Labute approximate surface area is 98.9 Å². The molecular weight excluding hydrogens is 218 g/mol. The number of nitrogens with zero attached hydrogens (tertiary/aromatic N) is 1. The molecule has 0 saturated carbocycles. The minimum absolute atomic E-state index is 0.0910. The third-order valence-corrected chi connectivity index (χ3v) is 2.68. The van der Waals surface area contributed by atoms with Crippen molar-refractivity contribution in [3.63, 3.8) is 0 Å². The molecule has 2 aromatic rings. The fourth-order valence-corrected chi connectivity index (χ4v) is 1.74. The van der Waals surface area contributed by atoms with Gasteiger partial charge in [0.25, 0.3) is 0 Å². The first kappa shape index (κ1) is 11.4. The van der Waals surface area contributed by atoms with Crippen molar-refractivity contribution in [2.75, 3.05) is 7.11 Å². The minimum atomic E-state index is -1.03. The highest BCUT2D eigenvalue weighted by molar-refractivity contribution is 5.95. The summed E-state index contributed by atoms with van der Waals surface area (Å²) in [6.45, 7) is 2.05. The number of ether oxygens (including phenoxy) is 1. The highest BCUT2D eigenvalue weighted by Gasteiger charge is 2.13. The first-order valence-electron chi connectivity index (χ1n) is 5.36. The number of pyridine rings is 1. The van der Waals surface area contributed by atoms with Crippen molar-refractivity contribution in [2.24, 2.45) is 0 Å². The zero-order valence-corrected chi connectivity index (χ0v) is 9.73. The molecule has 1 heterocycles. The molecule has 4 heteroatoms. The summed E-state index contributed by atoms with van der Waals surface area (Å²) in [6.07, 6.45) is 0.907. The fraction of sp³-hybridized carbons (Fsp3) is 0.231. The average molecular weight is 231 g/mol. The molecule has 0 aliphatic carbocycles. The second-order valence-corrected chi connectivity index (χ2v) is 3.73. The summed E-state index contributed by atoms with van der Waals surface area (Å²) in [5.74, 6) is -0.882. The topological polar surface area (TPSA) is 59.4 Å². The molecule has 0 spiro atoms. The molecular formula is C13H13NO3. The van der Waals surface area contributed by atoms with Gasteiger partial charge >= 0.3 is 5.97 Å². The van der Waals surface area contributed by atoms with Gasteiger partial charge in [-0.2, -0.15) is 0 Å². The first-order chi connectivity index (χ1) is 8.15. The number of hydrogen-bond acceptors (Lipinski definition) is 3. The van der Waals surface area contributed by atoms with Crippen LogP contribution in [0.3, 0.4) is 0 Å². The van der Waals surface area contributed by atoms with E-state index in [-0.39, 0.29) is 11.4 Å². The number of aromatic carboxylic acids is 1. The van der Waals surface area contributed by atoms with Gasteiger partial charge in [0.1, 0.15) is 5.56 Å². The number of rotatable bonds is 3. The molecule has 88 valence electrons. The van der Waals surface area contributed by atoms with E-state index in [2.05, 4.69) is 11.9 Å². The maximum absolute atomic E-state index is 11.1. The number of aromatic nitrogens is 1. The minimum Gasteiger partial charge on any atom is -0.480 e. The Morgan fingerprint density at radius 1 is 1.41 bits per heavy atom. The molecule has 1 N–H and O–H groups in total. The number of methoxy groups -OCH3 is 1. The molecule has 1 aromatic heterocycles. The van der Waals surface area contributed by atoms with Crippen molar-refractivity contribution in [3.8, 4) is 5.88 Å². The highest BCUT2D eigenvalue weighted by atomic mass is 16.5. The summed E-state index contributed by atoms with van der Waals surface area (Å²) in [5.41, 5.74) is 1.98. The van der Waals surface area contributed by atoms with Gasteiger partial charge in [0.2, 0.25) is 5.88 Å². The molecule has 0 radical (unpaired) electrons. The number of carbonyl (C=O) groups is 1. The van der Waals surface area contributed by atoms with Gasteiger partial charge < -0.3 is 9.84 Å². The van der Waals surface area contributed by atoms with Gasteiger partial charge in [0.15, 0.2) is 0 Å². The van der Waals surface area contributed by atoms with Crippen LogP contribution in [0.5, 0.6) is 5.88 Å². The quantitative estimate of drug-likeness (QED) is 0.881. The lowest BCUT2D eigenvalue weighted by Crippen LogP contribution is -2.02. The van der Waals surface area contributed by atoms with E-state index < -0.39 is 5.97 Å². The molecule has 0 saturated heterocycles. The lowest BCUT2D eigenvalue weighted by Gasteiger charge is -2.07. The normalized spacial score (nSPS) is 10.5. The Morgan fingerprint density at radius 2 is 2.18 bits per heavy atom. The lowest BCUT2D eigenvalue weighted by atomic mass is 10.1. The summed E-state index contributed by atoms with van der Waals surface area (Å²) in [5, 5.41) is 9.88. The smallest absolute Gasteiger partial charge is 0.341 e. The van der Waals surface area contributed by atoms with E-state index in [1.807, 2.05) is 18.2 Å². The van der Waals surface area contributed by atoms with E-state index in [4.69, 9.17) is 9.84 Å². The van der Waals surface area contributed by atoms with Gasteiger partial charge in [-0.15, -0.1) is 0 Å². The fourth-order valence-electron chi connectivity index (χ4n) is 1.74. The van der Waals surface area contributed by atoms with Crippen molar-refractivity contribution < 1.29 is 14.6 Å². The average Bonchev–Trinajstić information content (AvgIpc) is 2.36. The molecule has 0 bridgehead atoms. The van der Waals surface area contributed by atoms with Crippen LogP contribution in [0.25, 0.3) is 10.9 Å². The maximum Gasteiger partial charge on any atom is 0.341 e. The molecule has 2 rings (SSSR count). The third kappa shape index (κ3) is 2.06. The lowest BCUT2D eigenvalue weighted by molar-refractivity contribution is 0.0692. The standard InChI is InChI=1S/C13H13NO3/c1-3-8-4-5-11-9(6-8)7-10(13(15)16)12(14-11)17-2/h4-7H,3H2,1-2H3,(H,15,16). The summed E-state index contributed by atoms with van der Waals surface area (Å²) in [4.78, 5) is 15.2. The van der Waals surface area contributed by atoms with Gasteiger partial charge in [0, 0.05) is 5.39 Å². The largest absolute Gasteiger partial charge is 0.480 e. The van der Waals surface area contributed by atoms with Crippen LogP contribution in [0.1, 0.15) is 22.8 Å². The number of aryl methyl sites for hydroxylation is 1. The molecule has 1 aromatic carbocycles. The highest BCUT2D eigenvalue weighted by Crippen LogP contribution is 2.23. The molecule has 0 atom stereocenters. The van der Waals surface area contributed by atoms with Crippen LogP contribution in [0.15, 0.2) is 24.3 Å². The Morgan fingerprint density at radius 3 is 2.76 bits per heavy atom. The van der Waals surface area contributed by atoms with Gasteiger partial charge in [-0.05, 0) is 30.2 Å².